The standard InChI is InChI=1S/C15H14ClNO2/c1-10-3-2-4-11(7-10)9-17-15(19)13-8-12(18)5-6-14(13)16/h2-8,18H,9H2,1H3,(H,17,19). The van der Waals surface area contributed by atoms with Gasteiger partial charge >= 0.3 is 0 Å². The summed E-state index contributed by atoms with van der Waals surface area (Å²) in [6.45, 7) is 2.42. The van der Waals surface area contributed by atoms with Crippen LogP contribution in [0.1, 0.15) is 21.5 Å². The number of nitrogens with one attached hydrogen (secondary N) is 1. The molecule has 0 saturated carbocycles. The molecular weight excluding hydrogens is 262 g/mol. The van der Waals surface area contributed by atoms with Gasteiger partial charge in [0, 0.05) is 6.54 Å². The highest BCUT2D eigenvalue weighted by molar-refractivity contribution is 6.33. The second kappa shape index (κ2) is 5.76. The maximum Gasteiger partial charge on any atom is 0.253 e. The first-order valence-electron chi connectivity index (χ1n) is 5.88. The predicted octanol–water partition coefficient (Wildman–Crippen LogP) is 3.28. The number of halogens is 1. The summed E-state index contributed by atoms with van der Waals surface area (Å²) in [6, 6.07) is 12.2. The second-order valence-corrected chi connectivity index (χ2v) is 4.74. The fourth-order valence-corrected chi connectivity index (χ4v) is 1.99. The largest absolute Gasteiger partial charge is 0.508 e. The van der Waals surface area contributed by atoms with E-state index < -0.39 is 0 Å². The molecule has 2 aromatic rings. The molecule has 0 saturated heterocycles. The molecule has 0 spiro atoms. The van der Waals surface area contributed by atoms with Crippen LogP contribution in [0.15, 0.2) is 42.5 Å². The van der Waals surface area contributed by atoms with Crippen LogP contribution < -0.4 is 5.32 Å². The fraction of sp³-hybridized carbons (Fsp3) is 0.133. The van der Waals surface area contributed by atoms with Crippen molar-refractivity contribution < 1.29 is 9.90 Å². The number of hydrogen-bond acceptors (Lipinski definition) is 2. The van der Waals surface area contributed by atoms with E-state index in [0.29, 0.717) is 11.6 Å². The van der Waals surface area contributed by atoms with E-state index >= 15 is 0 Å². The van der Waals surface area contributed by atoms with Crippen molar-refractivity contribution in [1.29, 1.82) is 0 Å². The average Bonchev–Trinajstić information content (AvgIpc) is 2.39. The van der Waals surface area contributed by atoms with Crippen molar-refractivity contribution in [1.82, 2.24) is 5.32 Å². The van der Waals surface area contributed by atoms with Crippen LogP contribution in [0.4, 0.5) is 0 Å². The Morgan fingerprint density at radius 1 is 1.26 bits per heavy atom. The van der Waals surface area contributed by atoms with Crippen molar-refractivity contribution in [3.63, 3.8) is 0 Å². The molecule has 2 rings (SSSR count). The van der Waals surface area contributed by atoms with Gasteiger partial charge < -0.3 is 10.4 Å². The maximum absolute atomic E-state index is 12.0. The molecular formula is C15H14ClNO2. The quantitative estimate of drug-likeness (QED) is 0.903. The molecule has 0 unspecified atom stereocenters. The van der Waals surface area contributed by atoms with Gasteiger partial charge in [-0.1, -0.05) is 41.4 Å². The Kier molecular flexibility index (Phi) is 4.07. The molecule has 0 radical (unpaired) electrons. The number of hydrogen-bond donors (Lipinski definition) is 2. The van der Waals surface area contributed by atoms with Crippen molar-refractivity contribution in [2.24, 2.45) is 0 Å². The highest BCUT2D eigenvalue weighted by Gasteiger charge is 2.10. The molecule has 0 bridgehead atoms. The van der Waals surface area contributed by atoms with Gasteiger partial charge in [-0.25, -0.2) is 0 Å². The van der Waals surface area contributed by atoms with E-state index in [0.717, 1.165) is 11.1 Å². The van der Waals surface area contributed by atoms with Gasteiger partial charge in [-0.3, -0.25) is 4.79 Å². The van der Waals surface area contributed by atoms with Gasteiger partial charge in [0.2, 0.25) is 0 Å². The van der Waals surface area contributed by atoms with E-state index in [1.165, 1.54) is 18.2 Å². The average molecular weight is 276 g/mol. The molecule has 2 aromatic carbocycles. The highest BCUT2D eigenvalue weighted by Crippen LogP contribution is 2.21. The summed E-state index contributed by atoms with van der Waals surface area (Å²) in [4.78, 5) is 12.0. The van der Waals surface area contributed by atoms with Crippen molar-refractivity contribution in [2.45, 2.75) is 13.5 Å². The predicted molar refractivity (Wildman–Crippen MR) is 75.5 cm³/mol. The first-order valence-corrected chi connectivity index (χ1v) is 6.26. The number of aromatic hydroxyl groups is 1. The number of carbonyl (C=O) groups excluding carboxylic acids is 1. The third-order valence-corrected chi connectivity index (χ3v) is 3.06. The van der Waals surface area contributed by atoms with E-state index in [-0.39, 0.29) is 17.2 Å². The van der Waals surface area contributed by atoms with Crippen molar-refractivity contribution in [3.8, 4) is 5.75 Å². The lowest BCUT2D eigenvalue weighted by atomic mass is 10.1. The monoisotopic (exact) mass is 275 g/mol. The Morgan fingerprint density at radius 2 is 2.05 bits per heavy atom. The topological polar surface area (TPSA) is 49.3 Å². The molecule has 0 aliphatic rings. The summed E-state index contributed by atoms with van der Waals surface area (Å²) in [5, 5.41) is 12.5. The van der Waals surface area contributed by atoms with E-state index in [2.05, 4.69) is 5.32 Å². The van der Waals surface area contributed by atoms with Gasteiger partial charge in [0.15, 0.2) is 0 Å². The van der Waals surface area contributed by atoms with Crippen molar-refractivity contribution in [3.05, 3.63) is 64.2 Å². The van der Waals surface area contributed by atoms with Gasteiger partial charge in [0.05, 0.1) is 10.6 Å². The number of phenols is 1. The minimum absolute atomic E-state index is 0.0186. The summed E-state index contributed by atoms with van der Waals surface area (Å²) in [6.07, 6.45) is 0. The van der Waals surface area contributed by atoms with Crippen LogP contribution in [0.25, 0.3) is 0 Å². The molecule has 0 aliphatic heterocycles. The zero-order valence-corrected chi connectivity index (χ0v) is 11.2. The normalized spacial score (nSPS) is 10.2. The molecule has 1 amide bonds. The van der Waals surface area contributed by atoms with Gasteiger partial charge in [-0.15, -0.1) is 0 Å². The van der Waals surface area contributed by atoms with Gasteiger partial charge in [0.1, 0.15) is 5.75 Å². The van der Waals surface area contributed by atoms with Crippen LogP contribution in [-0.4, -0.2) is 11.0 Å². The Hall–Kier alpha value is -2.00. The number of phenolic OH excluding ortho intramolecular Hbond substituents is 1. The van der Waals surface area contributed by atoms with Crippen LogP contribution >= 0.6 is 11.6 Å². The van der Waals surface area contributed by atoms with Gasteiger partial charge in [0.25, 0.3) is 5.91 Å². The molecule has 0 fully saturated rings. The summed E-state index contributed by atoms with van der Waals surface area (Å²) < 4.78 is 0. The zero-order valence-electron chi connectivity index (χ0n) is 10.5. The first-order chi connectivity index (χ1) is 9.06. The lowest BCUT2D eigenvalue weighted by Crippen LogP contribution is -2.23. The van der Waals surface area contributed by atoms with Crippen molar-refractivity contribution in [2.75, 3.05) is 0 Å². The molecule has 0 aliphatic carbocycles. The lowest BCUT2D eigenvalue weighted by Gasteiger charge is -2.08. The number of amides is 1. The van der Waals surface area contributed by atoms with Crippen molar-refractivity contribution >= 4 is 17.5 Å². The van der Waals surface area contributed by atoms with Crippen LogP contribution in [0.5, 0.6) is 5.75 Å². The van der Waals surface area contributed by atoms with Crippen LogP contribution in [0.3, 0.4) is 0 Å². The SMILES string of the molecule is Cc1cccc(CNC(=O)c2cc(O)ccc2Cl)c1. The summed E-state index contributed by atoms with van der Waals surface area (Å²) in [7, 11) is 0. The van der Waals surface area contributed by atoms with E-state index in [1.807, 2.05) is 31.2 Å². The van der Waals surface area contributed by atoms with E-state index in [4.69, 9.17) is 11.6 Å². The smallest absolute Gasteiger partial charge is 0.253 e. The maximum atomic E-state index is 12.0. The third-order valence-electron chi connectivity index (χ3n) is 2.73. The van der Waals surface area contributed by atoms with E-state index in [9.17, 15) is 9.90 Å². The second-order valence-electron chi connectivity index (χ2n) is 4.34. The summed E-state index contributed by atoms with van der Waals surface area (Å²) in [5.41, 5.74) is 2.43. The molecule has 0 aromatic heterocycles. The van der Waals surface area contributed by atoms with Crippen LogP contribution in [-0.2, 0) is 6.54 Å². The molecule has 0 heterocycles. The molecule has 0 atom stereocenters. The Bertz CT molecular complexity index is 611. The minimum Gasteiger partial charge on any atom is -0.508 e. The molecule has 19 heavy (non-hydrogen) atoms. The first kappa shape index (κ1) is 13.4. The van der Waals surface area contributed by atoms with Gasteiger partial charge in [-0.05, 0) is 30.7 Å². The number of aryl methyl sites for hydroxylation is 1. The molecule has 4 heteroatoms. The highest BCUT2D eigenvalue weighted by atomic mass is 35.5. The summed E-state index contributed by atoms with van der Waals surface area (Å²) >= 11 is 5.93. The Balaban J connectivity index is 2.07. The fourth-order valence-electron chi connectivity index (χ4n) is 1.79. The molecule has 2 N–H and O–H groups in total. The minimum atomic E-state index is -0.303. The third kappa shape index (κ3) is 3.48. The summed E-state index contributed by atoms with van der Waals surface area (Å²) in [5.74, 6) is -0.285. The van der Waals surface area contributed by atoms with Crippen LogP contribution in [0.2, 0.25) is 5.02 Å². The number of carbonyl (C=O) groups is 1. The Labute approximate surface area is 116 Å². The Morgan fingerprint density at radius 3 is 2.79 bits per heavy atom. The van der Waals surface area contributed by atoms with Crippen LogP contribution in [0, 0.1) is 6.92 Å². The molecule has 98 valence electrons. The molecule has 3 nitrogen and oxygen atoms in total. The van der Waals surface area contributed by atoms with Gasteiger partial charge in [-0.2, -0.15) is 0 Å². The lowest BCUT2D eigenvalue weighted by molar-refractivity contribution is 0.0950. The number of benzene rings is 2. The zero-order chi connectivity index (χ0) is 13.8. The van der Waals surface area contributed by atoms with E-state index in [1.54, 1.807) is 0 Å². The number of rotatable bonds is 3.